The lowest BCUT2D eigenvalue weighted by molar-refractivity contribution is 0.468. The van der Waals surface area contributed by atoms with E-state index in [-0.39, 0.29) is 0 Å². The smallest absolute Gasteiger partial charge is 0.206 e. The standard InChI is InChI=1S/C13H13BrClNO2S2/c1-16(8-10-2-4-12(14)5-3-10)20(17,18)13-6-11(7-15)9-19-13/h2-6,9H,7-8H2,1H3. The second-order valence-corrected chi connectivity index (χ2v) is 8.66. The lowest BCUT2D eigenvalue weighted by Crippen LogP contribution is -2.25. The van der Waals surface area contributed by atoms with Crippen LogP contribution in [0.3, 0.4) is 0 Å². The summed E-state index contributed by atoms with van der Waals surface area (Å²) in [6.45, 7) is 0.337. The number of benzene rings is 1. The van der Waals surface area contributed by atoms with Gasteiger partial charge in [-0.25, -0.2) is 8.42 Å². The molecule has 0 amide bonds. The van der Waals surface area contributed by atoms with E-state index in [9.17, 15) is 8.42 Å². The summed E-state index contributed by atoms with van der Waals surface area (Å²) < 4.78 is 27.5. The molecule has 0 unspecified atom stereocenters. The molecule has 0 aliphatic rings. The van der Waals surface area contributed by atoms with Crippen LogP contribution in [0.4, 0.5) is 0 Å². The molecule has 0 atom stereocenters. The van der Waals surface area contributed by atoms with Gasteiger partial charge in [0, 0.05) is 23.9 Å². The second-order valence-electron chi connectivity index (χ2n) is 4.30. The molecule has 0 radical (unpaired) electrons. The molecule has 108 valence electrons. The van der Waals surface area contributed by atoms with Gasteiger partial charge in [0.2, 0.25) is 0 Å². The fourth-order valence-electron chi connectivity index (χ4n) is 1.64. The number of rotatable bonds is 5. The van der Waals surface area contributed by atoms with E-state index in [4.69, 9.17) is 11.6 Å². The SMILES string of the molecule is CN(Cc1ccc(Br)cc1)S(=O)(=O)c1cc(CCl)cs1. The molecule has 2 rings (SSSR count). The van der Waals surface area contributed by atoms with Gasteiger partial charge in [-0.05, 0) is 34.7 Å². The molecule has 20 heavy (non-hydrogen) atoms. The van der Waals surface area contributed by atoms with Gasteiger partial charge in [0.05, 0.1) is 0 Å². The minimum Gasteiger partial charge on any atom is -0.206 e. The number of sulfonamides is 1. The van der Waals surface area contributed by atoms with Crippen molar-refractivity contribution in [1.29, 1.82) is 0 Å². The van der Waals surface area contributed by atoms with E-state index >= 15 is 0 Å². The van der Waals surface area contributed by atoms with E-state index in [1.807, 2.05) is 24.3 Å². The lowest BCUT2D eigenvalue weighted by Gasteiger charge is -2.16. The van der Waals surface area contributed by atoms with Crippen LogP contribution in [-0.2, 0) is 22.4 Å². The minimum absolute atomic E-state index is 0.322. The molecule has 1 aromatic carbocycles. The maximum atomic E-state index is 12.4. The highest BCUT2D eigenvalue weighted by Crippen LogP contribution is 2.25. The summed E-state index contributed by atoms with van der Waals surface area (Å²) in [6, 6.07) is 9.22. The fourth-order valence-corrected chi connectivity index (χ4v) is 4.73. The van der Waals surface area contributed by atoms with Gasteiger partial charge in [0.15, 0.2) is 0 Å². The van der Waals surface area contributed by atoms with E-state index in [0.717, 1.165) is 15.6 Å². The van der Waals surface area contributed by atoms with Crippen molar-refractivity contribution in [1.82, 2.24) is 4.31 Å². The molecule has 0 saturated heterocycles. The third-order valence-electron chi connectivity index (χ3n) is 2.77. The first-order chi connectivity index (χ1) is 9.43. The Hall–Kier alpha value is -0.400. The van der Waals surface area contributed by atoms with Crippen molar-refractivity contribution >= 4 is 48.9 Å². The van der Waals surface area contributed by atoms with Crippen LogP contribution in [0.25, 0.3) is 0 Å². The Bertz CT molecular complexity index is 683. The highest BCUT2D eigenvalue weighted by Gasteiger charge is 2.22. The number of nitrogens with zero attached hydrogens (tertiary/aromatic N) is 1. The van der Waals surface area contributed by atoms with Crippen molar-refractivity contribution in [2.24, 2.45) is 0 Å². The van der Waals surface area contributed by atoms with Gasteiger partial charge in [-0.2, -0.15) is 4.31 Å². The van der Waals surface area contributed by atoms with Crippen LogP contribution in [0.15, 0.2) is 44.4 Å². The fraction of sp³-hybridized carbons (Fsp3) is 0.231. The highest BCUT2D eigenvalue weighted by atomic mass is 79.9. The number of alkyl halides is 1. The molecule has 7 heteroatoms. The number of hydrogen-bond donors (Lipinski definition) is 0. The lowest BCUT2D eigenvalue weighted by atomic mass is 10.2. The van der Waals surface area contributed by atoms with Crippen molar-refractivity contribution in [3.63, 3.8) is 0 Å². The molecule has 2 aromatic rings. The van der Waals surface area contributed by atoms with Gasteiger partial charge in [-0.1, -0.05) is 28.1 Å². The van der Waals surface area contributed by atoms with Crippen molar-refractivity contribution in [3.8, 4) is 0 Å². The van der Waals surface area contributed by atoms with Gasteiger partial charge in [-0.3, -0.25) is 0 Å². The summed E-state index contributed by atoms with van der Waals surface area (Å²) in [4.78, 5) is 0. The first-order valence-corrected chi connectivity index (χ1v) is 9.42. The van der Waals surface area contributed by atoms with Crippen LogP contribution in [0, 0.1) is 0 Å². The molecule has 0 spiro atoms. The second kappa shape index (κ2) is 6.58. The zero-order valence-electron chi connectivity index (χ0n) is 10.7. The van der Waals surface area contributed by atoms with Crippen molar-refractivity contribution < 1.29 is 8.42 Å². The summed E-state index contributed by atoms with van der Waals surface area (Å²) in [5.41, 5.74) is 1.76. The van der Waals surface area contributed by atoms with E-state index in [2.05, 4.69) is 15.9 Å². The van der Waals surface area contributed by atoms with Crippen LogP contribution in [0.5, 0.6) is 0 Å². The first kappa shape index (κ1) is 16.0. The summed E-state index contributed by atoms with van der Waals surface area (Å²) in [5, 5.41) is 1.77. The largest absolute Gasteiger partial charge is 0.252 e. The maximum absolute atomic E-state index is 12.4. The molecule has 0 bridgehead atoms. The Morgan fingerprint density at radius 2 is 1.90 bits per heavy atom. The van der Waals surface area contributed by atoms with E-state index in [0.29, 0.717) is 16.6 Å². The summed E-state index contributed by atoms with van der Waals surface area (Å²) in [7, 11) is -1.87. The molecule has 0 saturated carbocycles. The van der Waals surface area contributed by atoms with Gasteiger partial charge in [-0.15, -0.1) is 22.9 Å². The van der Waals surface area contributed by atoms with Gasteiger partial charge < -0.3 is 0 Å². The molecule has 1 heterocycles. The number of thiophene rings is 1. The number of hydrogen-bond acceptors (Lipinski definition) is 3. The Morgan fingerprint density at radius 3 is 2.45 bits per heavy atom. The van der Waals surface area contributed by atoms with Crippen molar-refractivity contribution in [3.05, 3.63) is 51.3 Å². The maximum Gasteiger partial charge on any atom is 0.252 e. The normalized spacial score (nSPS) is 12.0. The van der Waals surface area contributed by atoms with Crippen LogP contribution in [0.1, 0.15) is 11.1 Å². The van der Waals surface area contributed by atoms with Crippen molar-refractivity contribution in [2.45, 2.75) is 16.6 Å². The third kappa shape index (κ3) is 3.62. The molecular weight excluding hydrogens is 382 g/mol. The Balaban J connectivity index is 2.18. The van der Waals surface area contributed by atoms with Crippen LogP contribution in [0.2, 0.25) is 0 Å². The van der Waals surface area contributed by atoms with Crippen LogP contribution in [-0.4, -0.2) is 19.8 Å². The highest BCUT2D eigenvalue weighted by molar-refractivity contribution is 9.10. The van der Waals surface area contributed by atoms with Crippen LogP contribution >= 0.6 is 38.9 Å². The summed E-state index contributed by atoms with van der Waals surface area (Å²) >= 11 is 10.3. The van der Waals surface area contributed by atoms with E-state index in [1.165, 1.54) is 15.6 Å². The molecule has 3 nitrogen and oxygen atoms in total. The zero-order chi connectivity index (χ0) is 14.8. The van der Waals surface area contributed by atoms with Gasteiger partial charge in [0.1, 0.15) is 4.21 Å². The summed E-state index contributed by atoms with van der Waals surface area (Å²) in [6.07, 6.45) is 0. The summed E-state index contributed by atoms with van der Waals surface area (Å²) in [5.74, 6) is 0.322. The first-order valence-electron chi connectivity index (χ1n) is 5.77. The average Bonchev–Trinajstić information content (AvgIpc) is 2.90. The third-order valence-corrected chi connectivity index (χ3v) is 6.87. The topological polar surface area (TPSA) is 37.4 Å². The molecular formula is C13H13BrClNO2S2. The Kier molecular flexibility index (Phi) is 5.25. The van der Waals surface area contributed by atoms with E-state index < -0.39 is 10.0 Å². The molecule has 0 aliphatic carbocycles. The Labute approximate surface area is 136 Å². The molecule has 0 aliphatic heterocycles. The van der Waals surface area contributed by atoms with Gasteiger partial charge in [0.25, 0.3) is 10.0 Å². The van der Waals surface area contributed by atoms with Crippen LogP contribution < -0.4 is 0 Å². The van der Waals surface area contributed by atoms with Gasteiger partial charge >= 0.3 is 0 Å². The predicted molar refractivity (Wildman–Crippen MR) is 86.7 cm³/mol. The Morgan fingerprint density at radius 1 is 1.25 bits per heavy atom. The average molecular weight is 395 g/mol. The monoisotopic (exact) mass is 393 g/mol. The molecule has 0 N–H and O–H groups in total. The number of halogens is 2. The molecule has 1 aromatic heterocycles. The minimum atomic E-state index is -3.46. The van der Waals surface area contributed by atoms with Crippen molar-refractivity contribution in [2.75, 3.05) is 7.05 Å². The zero-order valence-corrected chi connectivity index (χ0v) is 14.7. The molecule has 0 fully saturated rings. The predicted octanol–water partition coefficient (Wildman–Crippen LogP) is 4.07. The van der Waals surface area contributed by atoms with E-state index in [1.54, 1.807) is 18.5 Å². The quantitative estimate of drug-likeness (QED) is 0.717.